The summed E-state index contributed by atoms with van der Waals surface area (Å²) in [7, 11) is 0. The smallest absolute Gasteiger partial charge is 0.340 e. The number of rotatable bonds is 4. The average molecular weight is 413 g/mol. The number of nitro benzene ring substituents is 1. The molecule has 2 aromatic rings. The van der Waals surface area contributed by atoms with Crippen molar-refractivity contribution in [2.75, 3.05) is 11.9 Å². The zero-order chi connectivity index (χ0) is 22.1. The maximum absolute atomic E-state index is 14.6. The second kappa shape index (κ2) is 8.02. The van der Waals surface area contributed by atoms with Gasteiger partial charge in [0.25, 0.3) is 11.6 Å². The predicted molar refractivity (Wildman–Crippen MR) is 108 cm³/mol. The third-order valence-corrected chi connectivity index (χ3v) is 4.23. The maximum atomic E-state index is 14.6. The largest absolute Gasteiger partial charge is 0.463 e. The molecule has 1 N–H and O–H groups in total. The Morgan fingerprint density at radius 2 is 1.93 bits per heavy atom. The maximum Gasteiger partial charge on any atom is 0.340 e. The number of nitrogens with zero attached hydrogens (tertiary/aromatic N) is 2. The number of halogens is 1. The van der Waals surface area contributed by atoms with Crippen LogP contribution in [-0.4, -0.2) is 35.2 Å². The number of ether oxygens (including phenoxy) is 1. The van der Waals surface area contributed by atoms with Gasteiger partial charge in [0, 0.05) is 23.3 Å². The number of hydrogen-bond donors (Lipinski definition) is 1. The monoisotopic (exact) mass is 413 g/mol. The predicted octanol–water partition coefficient (Wildman–Crippen LogP) is 3.48. The molecule has 0 spiro atoms. The van der Waals surface area contributed by atoms with E-state index >= 15 is 0 Å². The number of fused-ring (bicyclic) bond motifs is 1. The Morgan fingerprint density at radius 3 is 2.57 bits per heavy atom. The Hall–Kier alpha value is -3.62. The molecule has 0 fully saturated rings. The molecule has 1 amide bonds. The van der Waals surface area contributed by atoms with Gasteiger partial charge in [0.15, 0.2) is 0 Å². The highest BCUT2D eigenvalue weighted by Gasteiger charge is 2.34. The molecule has 2 aromatic carbocycles. The number of amides is 1. The van der Waals surface area contributed by atoms with Crippen molar-refractivity contribution >= 4 is 29.0 Å². The minimum atomic E-state index is -1.59. The molecule has 1 aliphatic rings. The standard InChI is InChI=1S/C21H20FN3O5/c1-21(2,3)11-30-20(27)18-19(26)23-16-9-8-12(25(28)29)10-14(16)17(24-18)13-6-4-5-7-15(13)22/h4-10,18H,11H2,1-3H3,(H,23,26). The van der Waals surface area contributed by atoms with E-state index in [2.05, 4.69) is 10.3 Å². The summed E-state index contributed by atoms with van der Waals surface area (Å²) in [5, 5.41) is 13.8. The lowest BCUT2D eigenvalue weighted by Gasteiger charge is -2.19. The van der Waals surface area contributed by atoms with Crippen LogP contribution < -0.4 is 5.32 Å². The molecule has 8 nitrogen and oxygen atoms in total. The lowest BCUT2D eigenvalue weighted by Crippen LogP contribution is -2.36. The van der Waals surface area contributed by atoms with Crippen molar-refractivity contribution in [3.8, 4) is 0 Å². The van der Waals surface area contributed by atoms with Gasteiger partial charge in [-0.15, -0.1) is 0 Å². The number of non-ortho nitro benzene ring substituents is 1. The number of carbonyl (C=O) groups excluding carboxylic acids is 2. The number of hydrogen-bond acceptors (Lipinski definition) is 6. The van der Waals surface area contributed by atoms with Crippen LogP contribution in [0, 0.1) is 21.3 Å². The average Bonchev–Trinajstić information content (AvgIpc) is 2.81. The van der Waals surface area contributed by atoms with Crippen molar-refractivity contribution in [3.05, 3.63) is 69.5 Å². The van der Waals surface area contributed by atoms with Crippen LogP contribution in [0.25, 0.3) is 0 Å². The Balaban J connectivity index is 2.14. The van der Waals surface area contributed by atoms with Gasteiger partial charge in [-0.3, -0.25) is 19.9 Å². The van der Waals surface area contributed by atoms with Crippen LogP contribution in [0.4, 0.5) is 15.8 Å². The van der Waals surface area contributed by atoms with Crippen LogP contribution >= 0.6 is 0 Å². The van der Waals surface area contributed by atoms with Crippen LogP contribution in [0.3, 0.4) is 0 Å². The van der Waals surface area contributed by atoms with Crippen LogP contribution in [0.5, 0.6) is 0 Å². The third kappa shape index (κ3) is 4.51. The lowest BCUT2D eigenvalue weighted by molar-refractivity contribution is -0.384. The molecular weight excluding hydrogens is 393 g/mol. The first-order valence-corrected chi connectivity index (χ1v) is 9.16. The number of carbonyl (C=O) groups is 2. The molecule has 0 radical (unpaired) electrons. The molecule has 1 aliphatic heterocycles. The van der Waals surface area contributed by atoms with E-state index < -0.39 is 28.7 Å². The number of benzene rings is 2. The topological polar surface area (TPSA) is 111 Å². The van der Waals surface area contributed by atoms with E-state index in [4.69, 9.17) is 4.74 Å². The van der Waals surface area contributed by atoms with Crippen molar-refractivity contribution < 1.29 is 23.6 Å². The highest BCUT2D eigenvalue weighted by atomic mass is 19.1. The Morgan fingerprint density at radius 1 is 1.23 bits per heavy atom. The van der Waals surface area contributed by atoms with Gasteiger partial charge >= 0.3 is 5.97 Å². The number of anilines is 1. The lowest BCUT2D eigenvalue weighted by atomic mass is 9.99. The second-order valence-corrected chi connectivity index (χ2v) is 8.00. The van der Waals surface area contributed by atoms with Gasteiger partial charge in [0.05, 0.1) is 22.9 Å². The molecule has 30 heavy (non-hydrogen) atoms. The first kappa shape index (κ1) is 21.1. The highest BCUT2D eigenvalue weighted by molar-refractivity contribution is 6.22. The molecule has 0 aliphatic carbocycles. The molecule has 1 atom stereocenters. The number of nitrogens with one attached hydrogen (secondary N) is 1. The fraction of sp³-hybridized carbons (Fsp3) is 0.286. The minimum absolute atomic E-state index is 0.00405. The van der Waals surface area contributed by atoms with Crippen molar-refractivity contribution in [2.45, 2.75) is 26.8 Å². The molecule has 156 valence electrons. The first-order chi connectivity index (χ1) is 14.1. The fourth-order valence-corrected chi connectivity index (χ4v) is 2.80. The molecule has 0 bridgehead atoms. The summed E-state index contributed by atoms with van der Waals surface area (Å²) in [6.07, 6.45) is 0. The van der Waals surface area contributed by atoms with E-state index in [1.54, 1.807) is 6.07 Å². The van der Waals surface area contributed by atoms with Crippen LogP contribution in [0.2, 0.25) is 0 Å². The van der Waals surface area contributed by atoms with E-state index in [-0.39, 0.29) is 40.2 Å². The van der Waals surface area contributed by atoms with E-state index in [1.165, 1.54) is 36.4 Å². The summed E-state index contributed by atoms with van der Waals surface area (Å²) in [5.74, 6) is -2.31. The Bertz CT molecular complexity index is 1060. The van der Waals surface area contributed by atoms with Crippen LogP contribution in [-0.2, 0) is 14.3 Å². The molecular formula is C21H20FN3O5. The van der Waals surface area contributed by atoms with Crippen molar-refractivity contribution in [1.82, 2.24) is 0 Å². The van der Waals surface area contributed by atoms with Gasteiger partial charge < -0.3 is 10.1 Å². The first-order valence-electron chi connectivity index (χ1n) is 9.16. The minimum Gasteiger partial charge on any atom is -0.463 e. The van der Waals surface area contributed by atoms with Crippen LogP contribution in [0.1, 0.15) is 31.9 Å². The molecule has 0 saturated heterocycles. The van der Waals surface area contributed by atoms with Gasteiger partial charge in [-0.1, -0.05) is 32.9 Å². The second-order valence-electron chi connectivity index (χ2n) is 8.00. The number of esters is 1. The number of aliphatic imine (C=N–C) groups is 1. The van der Waals surface area contributed by atoms with Crippen molar-refractivity contribution in [3.63, 3.8) is 0 Å². The molecule has 3 rings (SSSR count). The van der Waals surface area contributed by atoms with Gasteiger partial charge in [-0.2, -0.15) is 0 Å². The van der Waals surface area contributed by atoms with Gasteiger partial charge in [0.2, 0.25) is 6.04 Å². The van der Waals surface area contributed by atoms with Gasteiger partial charge in [0.1, 0.15) is 5.82 Å². The SMILES string of the molecule is CC(C)(C)COC(=O)C1N=C(c2ccccc2F)c2cc([N+](=O)[O-])ccc2NC1=O. The van der Waals surface area contributed by atoms with Gasteiger partial charge in [-0.25, -0.2) is 9.18 Å². The summed E-state index contributed by atoms with van der Waals surface area (Å²) < 4.78 is 19.8. The summed E-state index contributed by atoms with van der Waals surface area (Å²) in [6.45, 7) is 5.63. The highest BCUT2D eigenvalue weighted by Crippen LogP contribution is 2.29. The van der Waals surface area contributed by atoms with E-state index in [0.717, 1.165) is 0 Å². The van der Waals surface area contributed by atoms with Gasteiger partial charge in [-0.05, 0) is 23.6 Å². The Labute approximate surface area is 171 Å². The third-order valence-electron chi connectivity index (χ3n) is 4.23. The quantitative estimate of drug-likeness (QED) is 0.357. The molecule has 0 aromatic heterocycles. The Kier molecular flexibility index (Phi) is 5.64. The number of benzodiazepines with no additional fused rings is 1. The number of nitro groups is 1. The van der Waals surface area contributed by atoms with E-state index in [1.807, 2.05) is 20.8 Å². The molecule has 0 saturated carbocycles. The van der Waals surface area contributed by atoms with Crippen molar-refractivity contribution in [2.24, 2.45) is 10.4 Å². The summed E-state index contributed by atoms with van der Waals surface area (Å²) in [4.78, 5) is 40.1. The van der Waals surface area contributed by atoms with Crippen molar-refractivity contribution in [1.29, 1.82) is 0 Å². The molecule has 9 heteroatoms. The van der Waals surface area contributed by atoms with E-state index in [0.29, 0.717) is 0 Å². The zero-order valence-corrected chi connectivity index (χ0v) is 16.6. The summed E-state index contributed by atoms with van der Waals surface area (Å²) in [6, 6.07) is 7.78. The molecule has 1 unspecified atom stereocenters. The van der Waals surface area contributed by atoms with E-state index in [9.17, 15) is 24.1 Å². The summed E-state index contributed by atoms with van der Waals surface area (Å²) in [5.41, 5.74) is -0.334. The molecule has 1 heterocycles. The summed E-state index contributed by atoms with van der Waals surface area (Å²) >= 11 is 0. The zero-order valence-electron chi connectivity index (χ0n) is 16.6. The van der Waals surface area contributed by atoms with Crippen LogP contribution in [0.15, 0.2) is 47.5 Å². The normalized spacial score (nSPS) is 16.1. The fourth-order valence-electron chi connectivity index (χ4n) is 2.80.